The fraction of sp³-hybridized carbons (Fsp3) is 0.231. The smallest absolute Gasteiger partial charge is 0.159 e. The number of hydrogen-bond donors (Lipinski definition) is 1. The molecule has 0 aliphatic rings. The van der Waals surface area contributed by atoms with Crippen molar-refractivity contribution >= 4 is 28.1 Å². The Morgan fingerprint density at radius 1 is 1.26 bits per heavy atom. The lowest BCUT2D eigenvalue weighted by Gasteiger charge is -2.11. The molecule has 0 atom stereocenters. The maximum atomic E-state index is 13.3. The van der Waals surface area contributed by atoms with Gasteiger partial charge in [0.1, 0.15) is 10.5 Å². The van der Waals surface area contributed by atoms with E-state index in [1.807, 2.05) is 13.8 Å². The van der Waals surface area contributed by atoms with E-state index in [9.17, 15) is 8.78 Å². The van der Waals surface area contributed by atoms with Gasteiger partial charge in [0.25, 0.3) is 0 Å². The maximum Gasteiger partial charge on any atom is 0.159 e. The van der Waals surface area contributed by atoms with Gasteiger partial charge in [0.15, 0.2) is 11.6 Å². The molecule has 2 rings (SSSR count). The third kappa shape index (κ3) is 2.90. The van der Waals surface area contributed by atoms with Gasteiger partial charge >= 0.3 is 0 Å². The minimum Gasteiger partial charge on any atom is -0.342 e. The van der Waals surface area contributed by atoms with Crippen LogP contribution in [0.1, 0.15) is 25.5 Å². The second kappa shape index (κ2) is 5.46. The van der Waals surface area contributed by atoms with Crippen molar-refractivity contribution in [2.24, 2.45) is 0 Å². The molecule has 0 bridgehead atoms. The molecule has 100 valence electrons. The van der Waals surface area contributed by atoms with Gasteiger partial charge in [0.2, 0.25) is 0 Å². The lowest BCUT2D eigenvalue weighted by molar-refractivity contribution is 0.509. The summed E-state index contributed by atoms with van der Waals surface area (Å²) in [7, 11) is 0. The van der Waals surface area contributed by atoms with Crippen molar-refractivity contribution in [1.82, 2.24) is 9.97 Å². The standard InChI is InChI=1S/C13H11BrF2N2S/c1-6(2)11-10(14)13(19)18-12(17-11)7-3-4-8(15)9(16)5-7/h3-6H,1-2H3,(H,17,18,19). The molecule has 0 fully saturated rings. The fourth-order valence-electron chi connectivity index (χ4n) is 1.65. The van der Waals surface area contributed by atoms with Crippen LogP contribution in [0.25, 0.3) is 11.4 Å². The minimum atomic E-state index is -0.910. The van der Waals surface area contributed by atoms with E-state index in [0.29, 0.717) is 16.0 Å². The third-order valence-corrected chi connectivity index (χ3v) is 4.02. The number of aromatic amines is 1. The largest absolute Gasteiger partial charge is 0.342 e. The van der Waals surface area contributed by atoms with Crippen molar-refractivity contribution in [3.05, 3.63) is 44.6 Å². The summed E-state index contributed by atoms with van der Waals surface area (Å²) in [6.07, 6.45) is 0. The summed E-state index contributed by atoms with van der Waals surface area (Å²) in [5.74, 6) is -1.17. The van der Waals surface area contributed by atoms with Crippen LogP contribution in [0.15, 0.2) is 22.7 Å². The van der Waals surface area contributed by atoms with Gasteiger partial charge in [-0.25, -0.2) is 13.8 Å². The summed E-state index contributed by atoms with van der Waals surface area (Å²) in [5.41, 5.74) is 1.33. The van der Waals surface area contributed by atoms with Crippen molar-refractivity contribution in [1.29, 1.82) is 0 Å². The monoisotopic (exact) mass is 344 g/mol. The summed E-state index contributed by atoms with van der Waals surface area (Å²) < 4.78 is 27.3. The van der Waals surface area contributed by atoms with Gasteiger partial charge < -0.3 is 4.98 Å². The van der Waals surface area contributed by atoms with Gasteiger partial charge in [0.05, 0.1) is 4.47 Å². The van der Waals surface area contributed by atoms with Crippen molar-refractivity contribution < 1.29 is 8.78 Å². The molecule has 0 saturated carbocycles. The molecule has 2 aromatic rings. The average Bonchev–Trinajstić information content (AvgIpc) is 2.35. The fourth-order valence-corrected chi connectivity index (χ4v) is 2.50. The van der Waals surface area contributed by atoms with E-state index >= 15 is 0 Å². The Morgan fingerprint density at radius 3 is 2.53 bits per heavy atom. The molecule has 0 saturated heterocycles. The lowest BCUT2D eigenvalue weighted by atomic mass is 10.1. The van der Waals surface area contributed by atoms with Crippen LogP contribution in [-0.4, -0.2) is 9.97 Å². The quantitative estimate of drug-likeness (QED) is 0.779. The van der Waals surface area contributed by atoms with Crippen LogP contribution in [0.2, 0.25) is 0 Å². The van der Waals surface area contributed by atoms with Crippen molar-refractivity contribution in [3.63, 3.8) is 0 Å². The maximum absolute atomic E-state index is 13.3. The number of H-pyrrole nitrogens is 1. The van der Waals surface area contributed by atoms with Gasteiger partial charge in [-0.05, 0) is 40.0 Å². The topological polar surface area (TPSA) is 28.7 Å². The zero-order valence-electron chi connectivity index (χ0n) is 10.3. The summed E-state index contributed by atoms with van der Waals surface area (Å²) in [6.45, 7) is 4.00. The number of benzene rings is 1. The van der Waals surface area contributed by atoms with E-state index in [2.05, 4.69) is 25.9 Å². The molecule has 0 unspecified atom stereocenters. The predicted octanol–water partition coefficient (Wildman–Crippen LogP) is 4.97. The zero-order chi connectivity index (χ0) is 14.2. The van der Waals surface area contributed by atoms with Crippen LogP contribution < -0.4 is 0 Å². The van der Waals surface area contributed by atoms with Gasteiger partial charge in [-0.2, -0.15) is 0 Å². The highest BCUT2D eigenvalue weighted by Gasteiger charge is 2.12. The van der Waals surface area contributed by atoms with Crippen LogP contribution in [0.4, 0.5) is 8.78 Å². The Balaban J connectivity index is 2.63. The molecule has 0 radical (unpaired) electrons. The average molecular weight is 345 g/mol. The first-order valence-corrected chi connectivity index (χ1v) is 6.85. The summed E-state index contributed by atoms with van der Waals surface area (Å²) >= 11 is 8.54. The number of hydrogen-bond acceptors (Lipinski definition) is 2. The summed E-state index contributed by atoms with van der Waals surface area (Å²) in [6, 6.07) is 3.63. The van der Waals surface area contributed by atoms with Crippen molar-refractivity contribution in [2.75, 3.05) is 0 Å². The molecule has 2 nitrogen and oxygen atoms in total. The van der Waals surface area contributed by atoms with Crippen LogP contribution in [0.3, 0.4) is 0 Å². The van der Waals surface area contributed by atoms with Gasteiger partial charge in [-0.3, -0.25) is 0 Å². The Morgan fingerprint density at radius 2 is 1.95 bits per heavy atom. The van der Waals surface area contributed by atoms with Gasteiger partial charge in [-0.1, -0.05) is 26.1 Å². The second-order valence-electron chi connectivity index (χ2n) is 4.40. The first-order chi connectivity index (χ1) is 8.90. The number of nitrogens with zero attached hydrogens (tertiary/aromatic N) is 1. The molecule has 19 heavy (non-hydrogen) atoms. The van der Waals surface area contributed by atoms with E-state index in [1.54, 1.807) is 0 Å². The second-order valence-corrected chi connectivity index (χ2v) is 5.58. The Bertz CT molecular complexity index is 683. The predicted molar refractivity (Wildman–Crippen MR) is 76.6 cm³/mol. The molecule has 1 heterocycles. The van der Waals surface area contributed by atoms with Crippen LogP contribution in [0, 0.1) is 16.3 Å². The molecular formula is C13H11BrF2N2S. The molecular weight excluding hydrogens is 334 g/mol. The highest BCUT2D eigenvalue weighted by atomic mass is 79.9. The number of nitrogens with one attached hydrogen (secondary N) is 1. The van der Waals surface area contributed by atoms with E-state index in [4.69, 9.17) is 12.2 Å². The van der Waals surface area contributed by atoms with E-state index in [0.717, 1.165) is 22.3 Å². The highest BCUT2D eigenvalue weighted by Crippen LogP contribution is 2.26. The van der Waals surface area contributed by atoms with Crippen molar-refractivity contribution in [2.45, 2.75) is 19.8 Å². The lowest BCUT2D eigenvalue weighted by Crippen LogP contribution is -2.00. The van der Waals surface area contributed by atoms with Crippen molar-refractivity contribution in [3.8, 4) is 11.4 Å². The molecule has 1 aromatic carbocycles. The van der Waals surface area contributed by atoms with Gasteiger partial charge in [0, 0.05) is 11.3 Å². The van der Waals surface area contributed by atoms with E-state index < -0.39 is 11.6 Å². The number of rotatable bonds is 2. The Labute approximate surface area is 123 Å². The normalized spacial score (nSPS) is 11.1. The molecule has 1 aromatic heterocycles. The first kappa shape index (κ1) is 14.3. The molecule has 6 heteroatoms. The molecule has 0 aliphatic carbocycles. The number of halogens is 3. The Kier molecular flexibility index (Phi) is 4.10. The van der Waals surface area contributed by atoms with E-state index in [-0.39, 0.29) is 5.92 Å². The van der Waals surface area contributed by atoms with Crippen LogP contribution >= 0.6 is 28.1 Å². The highest BCUT2D eigenvalue weighted by molar-refractivity contribution is 9.10. The van der Waals surface area contributed by atoms with Crippen LogP contribution in [-0.2, 0) is 0 Å². The van der Waals surface area contributed by atoms with Gasteiger partial charge in [-0.15, -0.1) is 0 Å². The molecule has 0 spiro atoms. The van der Waals surface area contributed by atoms with E-state index in [1.165, 1.54) is 6.07 Å². The molecule has 0 aliphatic heterocycles. The zero-order valence-corrected chi connectivity index (χ0v) is 12.7. The molecule has 0 amide bonds. The molecule has 1 N–H and O–H groups in total. The summed E-state index contributed by atoms with van der Waals surface area (Å²) in [5, 5.41) is 0. The number of aromatic nitrogens is 2. The third-order valence-electron chi connectivity index (χ3n) is 2.66. The summed E-state index contributed by atoms with van der Waals surface area (Å²) in [4.78, 5) is 7.28. The minimum absolute atomic E-state index is 0.197. The SMILES string of the molecule is CC(C)c1[nH]c(-c2ccc(F)c(F)c2)nc(=S)c1Br. The first-order valence-electron chi connectivity index (χ1n) is 5.65. The Hall–Kier alpha value is -1.14. The van der Waals surface area contributed by atoms with Crippen LogP contribution in [0.5, 0.6) is 0 Å².